The largest absolute Gasteiger partial charge is 0.489 e. The second kappa shape index (κ2) is 9.18. The standard InChI is InChI=1S/C24H28ClNO5/c1-15-10-16(12-18(25)11-15)14-30-19-6-7-20-17(13-19)8-9-26(21(20)22(27)29-5)23(28)31-24(2,3)4/h6-7,10-13,21H,8-9,14H2,1-5H3/t21-/m1/s1. The van der Waals surface area contributed by atoms with E-state index in [-0.39, 0.29) is 0 Å². The first kappa shape index (κ1) is 22.9. The van der Waals surface area contributed by atoms with Crippen LogP contribution in [0.1, 0.15) is 49.1 Å². The molecule has 0 spiro atoms. The van der Waals surface area contributed by atoms with Crippen molar-refractivity contribution in [1.29, 1.82) is 0 Å². The van der Waals surface area contributed by atoms with Crippen LogP contribution in [0.3, 0.4) is 0 Å². The highest BCUT2D eigenvalue weighted by Gasteiger charge is 2.39. The van der Waals surface area contributed by atoms with E-state index in [9.17, 15) is 9.59 Å². The van der Waals surface area contributed by atoms with Gasteiger partial charge in [-0.3, -0.25) is 4.90 Å². The van der Waals surface area contributed by atoms with Gasteiger partial charge in [0, 0.05) is 11.6 Å². The SMILES string of the molecule is COC(=O)[C@H]1c2ccc(OCc3cc(C)cc(Cl)c3)cc2CCN1C(=O)OC(C)(C)C. The lowest BCUT2D eigenvalue weighted by Crippen LogP contribution is -2.46. The molecule has 1 atom stereocenters. The molecular formula is C24H28ClNO5. The van der Waals surface area contributed by atoms with Gasteiger partial charge < -0.3 is 14.2 Å². The van der Waals surface area contributed by atoms with Crippen molar-refractivity contribution in [2.45, 2.75) is 52.4 Å². The minimum atomic E-state index is -0.853. The zero-order valence-corrected chi connectivity index (χ0v) is 19.3. The highest BCUT2D eigenvalue weighted by atomic mass is 35.5. The minimum absolute atomic E-state index is 0.346. The van der Waals surface area contributed by atoms with Crippen molar-refractivity contribution in [3.8, 4) is 5.75 Å². The molecule has 3 rings (SSSR count). The molecule has 1 amide bonds. The molecule has 2 aromatic carbocycles. The Morgan fingerprint density at radius 1 is 1.16 bits per heavy atom. The molecule has 0 unspecified atom stereocenters. The van der Waals surface area contributed by atoms with Crippen LogP contribution in [0.25, 0.3) is 0 Å². The fourth-order valence-electron chi connectivity index (χ4n) is 3.64. The molecule has 0 aromatic heterocycles. The Morgan fingerprint density at radius 2 is 1.90 bits per heavy atom. The number of carbonyl (C=O) groups excluding carboxylic acids is 2. The van der Waals surface area contributed by atoms with Crippen molar-refractivity contribution >= 4 is 23.7 Å². The van der Waals surface area contributed by atoms with Gasteiger partial charge in [-0.25, -0.2) is 9.59 Å². The summed E-state index contributed by atoms with van der Waals surface area (Å²) in [6.07, 6.45) is 0.0421. The van der Waals surface area contributed by atoms with Crippen LogP contribution in [-0.2, 0) is 27.3 Å². The smallest absolute Gasteiger partial charge is 0.411 e. The number of rotatable bonds is 4. The van der Waals surface area contributed by atoms with Gasteiger partial charge >= 0.3 is 12.1 Å². The number of ether oxygens (including phenoxy) is 3. The van der Waals surface area contributed by atoms with Crippen LogP contribution in [-0.4, -0.2) is 36.2 Å². The summed E-state index contributed by atoms with van der Waals surface area (Å²) in [5, 5.41) is 0.673. The second-order valence-electron chi connectivity index (χ2n) is 8.64. The van der Waals surface area contributed by atoms with E-state index in [1.54, 1.807) is 26.8 Å². The number of carbonyl (C=O) groups is 2. The number of benzene rings is 2. The van der Waals surface area contributed by atoms with Crippen LogP contribution in [0.5, 0.6) is 5.75 Å². The second-order valence-corrected chi connectivity index (χ2v) is 9.07. The van der Waals surface area contributed by atoms with E-state index in [0.717, 1.165) is 22.3 Å². The number of aryl methyl sites for hydroxylation is 1. The molecule has 0 N–H and O–H groups in total. The monoisotopic (exact) mass is 445 g/mol. The molecule has 1 aliphatic heterocycles. The summed E-state index contributed by atoms with van der Waals surface area (Å²) >= 11 is 6.12. The number of hydrogen-bond acceptors (Lipinski definition) is 5. The van der Waals surface area contributed by atoms with Crippen molar-refractivity contribution in [3.63, 3.8) is 0 Å². The average molecular weight is 446 g/mol. The van der Waals surface area contributed by atoms with Crippen LogP contribution in [0.2, 0.25) is 5.02 Å². The molecule has 0 bridgehead atoms. The van der Waals surface area contributed by atoms with E-state index in [1.165, 1.54) is 12.0 Å². The third-order valence-electron chi connectivity index (χ3n) is 4.90. The van der Waals surface area contributed by atoms with E-state index in [2.05, 4.69) is 0 Å². The third kappa shape index (κ3) is 5.70. The molecule has 31 heavy (non-hydrogen) atoms. The Morgan fingerprint density at radius 3 is 2.55 bits per heavy atom. The Bertz CT molecular complexity index is 962. The number of fused-ring (bicyclic) bond motifs is 1. The summed E-state index contributed by atoms with van der Waals surface area (Å²) in [7, 11) is 1.31. The Labute approximate surface area is 188 Å². The molecule has 0 radical (unpaired) electrons. The number of methoxy groups -OCH3 is 1. The van der Waals surface area contributed by atoms with Crippen molar-refractivity contribution in [2.75, 3.05) is 13.7 Å². The molecule has 1 heterocycles. The van der Waals surface area contributed by atoms with Crippen molar-refractivity contribution in [1.82, 2.24) is 4.90 Å². The Kier molecular flexibility index (Phi) is 6.80. The van der Waals surface area contributed by atoms with E-state index >= 15 is 0 Å². The molecular weight excluding hydrogens is 418 g/mol. The van der Waals surface area contributed by atoms with E-state index in [1.807, 2.05) is 37.3 Å². The lowest BCUT2D eigenvalue weighted by molar-refractivity contribution is -0.147. The van der Waals surface area contributed by atoms with E-state index in [4.69, 9.17) is 25.8 Å². The summed E-state index contributed by atoms with van der Waals surface area (Å²) in [5.41, 5.74) is 3.05. The normalized spacial score (nSPS) is 15.8. The maximum absolute atomic E-state index is 12.7. The van der Waals surface area contributed by atoms with Crippen molar-refractivity contribution in [3.05, 3.63) is 63.7 Å². The quantitative estimate of drug-likeness (QED) is 0.602. The van der Waals surface area contributed by atoms with E-state index < -0.39 is 23.7 Å². The molecule has 166 valence electrons. The average Bonchev–Trinajstić information content (AvgIpc) is 2.68. The first-order valence-corrected chi connectivity index (χ1v) is 10.5. The van der Waals surface area contributed by atoms with Gasteiger partial charge in [0.05, 0.1) is 7.11 Å². The van der Waals surface area contributed by atoms with Gasteiger partial charge in [0.15, 0.2) is 6.04 Å². The molecule has 0 fully saturated rings. The lowest BCUT2D eigenvalue weighted by atomic mass is 9.92. The topological polar surface area (TPSA) is 65.1 Å². The molecule has 0 saturated heterocycles. The van der Waals surface area contributed by atoms with Crippen molar-refractivity contribution < 1.29 is 23.8 Å². The lowest BCUT2D eigenvalue weighted by Gasteiger charge is -2.36. The predicted octanol–water partition coefficient (Wildman–Crippen LogP) is 5.23. The summed E-state index contributed by atoms with van der Waals surface area (Å²) in [5.74, 6) is 0.181. The first-order chi connectivity index (χ1) is 14.6. The summed E-state index contributed by atoms with van der Waals surface area (Å²) in [4.78, 5) is 26.7. The maximum atomic E-state index is 12.7. The van der Waals surface area contributed by atoms with Crippen LogP contribution in [0.15, 0.2) is 36.4 Å². The zero-order chi connectivity index (χ0) is 22.8. The highest BCUT2D eigenvalue weighted by Crippen LogP contribution is 2.34. The van der Waals surface area contributed by atoms with Crippen LogP contribution >= 0.6 is 11.6 Å². The number of nitrogens with zero attached hydrogens (tertiary/aromatic N) is 1. The molecule has 1 aliphatic rings. The zero-order valence-electron chi connectivity index (χ0n) is 18.5. The summed E-state index contributed by atoms with van der Waals surface area (Å²) in [6, 6.07) is 10.5. The van der Waals surface area contributed by atoms with Gasteiger partial charge in [-0.2, -0.15) is 0 Å². The van der Waals surface area contributed by atoms with Crippen LogP contribution in [0.4, 0.5) is 4.79 Å². The number of hydrogen-bond donors (Lipinski definition) is 0. The van der Waals surface area contributed by atoms with Gasteiger partial charge in [0.25, 0.3) is 0 Å². The third-order valence-corrected chi connectivity index (χ3v) is 5.12. The molecule has 2 aromatic rings. The van der Waals surface area contributed by atoms with Gasteiger partial charge in [0.1, 0.15) is 18.0 Å². The van der Waals surface area contributed by atoms with Gasteiger partial charge in [-0.15, -0.1) is 0 Å². The molecule has 7 heteroatoms. The van der Waals surface area contributed by atoms with Gasteiger partial charge in [-0.05, 0) is 80.6 Å². The molecule has 6 nitrogen and oxygen atoms in total. The number of amides is 1. The molecule has 0 aliphatic carbocycles. The Balaban J connectivity index is 1.81. The summed E-state index contributed by atoms with van der Waals surface area (Å²) in [6.45, 7) is 8.09. The maximum Gasteiger partial charge on any atom is 0.411 e. The summed E-state index contributed by atoms with van der Waals surface area (Å²) < 4.78 is 16.4. The van der Waals surface area contributed by atoms with E-state index in [0.29, 0.717) is 30.3 Å². The van der Waals surface area contributed by atoms with Crippen molar-refractivity contribution in [2.24, 2.45) is 0 Å². The number of halogens is 1. The first-order valence-electron chi connectivity index (χ1n) is 10.2. The van der Waals surface area contributed by atoms with Gasteiger partial charge in [-0.1, -0.05) is 23.7 Å². The fraction of sp³-hybridized carbons (Fsp3) is 0.417. The van der Waals surface area contributed by atoms with Crippen LogP contribution < -0.4 is 4.74 Å². The number of esters is 1. The highest BCUT2D eigenvalue weighted by molar-refractivity contribution is 6.30. The Hall–Kier alpha value is -2.73. The minimum Gasteiger partial charge on any atom is -0.489 e. The fourth-order valence-corrected chi connectivity index (χ4v) is 3.95. The van der Waals surface area contributed by atoms with Crippen LogP contribution in [0, 0.1) is 6.92 Å². The predicted molar refractivity (Wildman–Crippen MR) is 118 cm³/mol. The van der Waals surface area contributed by atoms with Gasteiger partial charge in [0.2, 0.25) is 0 Å². The molecule has 0 saturated carbocycles.